The molecule has 1 aliphatic heterocycles. The number of anilines is 3. The second-order valence-electron chi connectivity index (χ2n) is 13.8. The molecule has 0 N–H and O–H groups in total. The fraction of sp³-hybridized carbons (Fsp3) is 0.0200. The first-order valence-corrected chi connectivity index (χ1v) is 18.2. The monoisotopic (exact) mass is 701 g/mol. The molecule has 9 aromatic rings. The second-order valence-corrected chi connectivity index (χ2v) is 13.8. The van der Waals surface area contributed by atoms with E-state index in [9.17, 15) is 5.26 Å². The molecule has 0 saturated carbocycles. The van der Waals surface area contributed by atoms with E-state index in [1.807, 2.05) is 24.5 Å². The predicted octanol–water partition coefficient (Wildman–Crippen LogP) is 12.4. The molecule has 0 aliphatic carbocycles. The van der Waals surface area contributed by atoms with E-state index < -0.39 is 5.41 Å². The zero-order valence-corrected chi connectivity index (χ0v) is 29.6. The minimum absolute atomic E-state index is 0.424. The van der Waals surface area contributed by atoms with E-state index in [1.165, 1.54) is 22.3 Å². The quantitative estimate of drug-likeness (QED) is 0.168. The van der Waals surface area contributed by atoms with E-state index in [0.717, 1.165) is 55.7 Å². The van der Waals surface area contributed by atoms with E-state index >= 15 is 0 Å². The Labute approximate surface area is 319 Å². The third-order valence-electron chi connectivity index (χ3n) is 10.9. The van der Waals surface area contributed by atoms with E-state index in [0.29, 0.717) is 11.3 Å². The molecule has 0 saturated heterocycles. The summed E-state index contributed by atoms with van der Waals surface area (Å²) in [4.78, 5) is 10.6. The highest BCUT2D eigenvalue weighted by Gasteiger charge is 2.46. The van der Waals surface area contributed by atoms with Gasteiger partial charge < -0.3 is 9.47 Å². The third kappa shape index (κ3) is 4.88. The molecule has 5 nitrogen and oxygen atoms in total. The van der Waals surface area contributed by atoms with Crippen LogP contribution >= 0.6 is 0 Å². The molecule has 0 radical (unpaired) electrons. The lowest BCUT2D eigenvalue weighted by molar-refractivity contribution is 0.731. The van der Waals surface area contributed by atoms with Crippen molar-refractivity contribution in [2.45, 2.75) is 5.41 Å². The lowest BCUT2D eigenvalue weighted by atomic mass is 9.62. The van der Waals surface area contributed by atoms with Crippen molar-refractivity contribution in [3.8, 4) is 22.9 Å². The number of hydrogen-bond donors (Lipinski definition) is 0. The molecule has 0 spiro atoms. The van der Waals surface area contributed by atoms with Crippen LogP contribution in [0.25, 0.3) is 43.5 Å². The highest BCUT2D eigenvalue weighted by molar-refractivity contribution is 6.09. The Bertz CT molecular complexity index is 2850. The fourth-order valence-corrected chi connectivity index (χ4v) is 8.71. The first-order chi connectivity index (χ1) is 27.2. The molecule has 55 heavy (non-hydrogen) atoms. The number of pyridine rings is 1. The van der Waals surface area contributed by atoms with Gasteiger partial charge in [0.2, 0.25) is 0 Å². The Morgan fingerprint density at radius 3 is 1.82 bits per heavy atom. The Kier molecular flexibility index (Phi) is 7.40. The minimum Gasteiger partial charge on any atom is -0.310 e. The lowest BCUT2D eigenvalue weighted by Gasteiger charge is -2.46. The average molecular weight is 702 g/mol. The molecule has 0 atom stereocenters. The SMILES string of the molecule is [C-]#[N+]c1cc(C#N)cc(-c2cc(N3c4ccccc4C(c4ccccc4)(c4ccccc4)c4ccccc43)cc(-n3c4ccccc4c4cnccc43)c2)c1. The van der Waals surface area contributed by atoms with Crippen LogP contribution in [0.4, 0.5) is 22.7 Å². The number of para-hydroxylation sites is 3. The van der Waals surface area contributed by atoms with E-state index in [1.54, 1.807) is 6.07 Å². The van der Waals surface area contributed by atoms with Crippen LogP contribution in [0.1, 0.15) is 27.8 Å². The van der Waals surface area contributed by atoms with Crippen molar-refractivity contribution in [1.29, 1.82) is 5.26 Å². The fourth-order valence-electron chi connectivity index (χ4n) is 8.71. The van der Waals surface area contributed by atoms with Crippen LogP contribution in [0, 0.1) is 17.9 Å². The number of rotatable bonds is 5. The second kappa shape index (κ2) is 12.7. The number of hydrogen-bond acceptors (Lipinski definition) is 3. The topological polar surface area (TPSA) is 49.2 Å². The van der Waals surface area contributed by atoms with Crippen LogP contribution in [0.2, 0.25) is 0 Å². The Balaban J connectivity index is 1.31. The molecule has 0 fully saturated rings. The molecule has 256 valence electrons. The maximum absolute atomic E-state index is 10.0. The van der Waals surface area contributed by atoms with Crippen molar-refractivity contribution in [2.24, 2.45) is 0 Å². The number of nitrogens with zero attached hydrogens (tertiary/aromatic N) is 5. The van der Waals surface area contributed by atoms with Gasteiger partial charge in [0.05, 0.1) is 40.5 Å². The summed E-state index contributed by atoms with van der Waals surface area (Å²) < 4.78 is 2.29. The van der Waals surface area contributed by atoms with Gasteiger partial charge >= 0.3 is 0 Å². The molecule has 0 unspecified atom stereocenters. The van der Waals surface area contributed by atoms with E-state index in [-0.39, 0.29) is 0 Å². The zero-order chi connectivity index (χ0) is 36.9. The van der Waals surface area contributed by atoms with E-state index in [2.05, 4.69) is 183 Å². The summed E-state index contributed by atoms with van der Waals surface area (Å²) in [5.41, 5.74) is 12.8. The molecule has 3 heterocycles. The average Bonchev–Trinajstić information content (AvgIpc) is 3.60. The maximum atomic E-state index is 10.0. The molecule has 10 rings (SSSR count). The highest BCUT2D eigenvalue weighted by atomic mass is 15.2. The Morgan fingerprint density at radius 2 is 1.15 bits per heavy atom. The molecule has 0 amide bonds. The van der Waals surface area contributed by atoms with Gasteiger partial charge in [0.1, 0.15) is 0 Å². The molecule has 1 aliphatic rings. The van der Waals surface area contributed by atoms with Gasteiger partial charge in [-0.15, -0.1) is 0 Å². The van der Waals surface area contributed by atoms with Gasteiger partial charge in [-0.1, -0.05) is 115 Å². The first kappa shape index (κ1) is 32.0. The van der Waals surface area contributed by atoms with E-state index in [4.69, 9.17) is 6.57 Å². The van der Waals surface area contributed by atoms with Crippen LogP contribution < -0.4 is 4.90 Å². The summed E-state index contributed by atoms with van der Waals surface area (Å²) in [5, 5.41) is 12.2. The van der Waals surface area contributed by atoms with Gasteiger partial charge in [-0.25, -0.2) is 4.85 Å². The molecule has 0 bridgehead atoms. The van der Waals surface area contributed by atoms with Crippen LogP contribution in [0.3, 0.4) is 0 Å². The van der Waals surface area contributed by atoms with Crippen molar-refractivity contribution in [3.63, 3.8) is 0 Å². The molecule has 2 aromatic heterocycles. The zero-order valence-electron chi connectivity index (χ0n) is 29.6. The minimum atomic E-state index is -0.599. The molecule has 5 heteroatoms. The number of fused-ring (bicyclic) bond motifs is 5. The summed E-state index contributed by atoms with van der Waals surface area (Å²) in [6.07, 6.45) is 3.77. The Morgan fingerprint density at radius 1 is 0.564 bits per heavy atom. The van der Waals surface area contributed by atoms with Gasteiger partial charge in [0, 0.05) is 40.1 Å². The maximum Gasteiger partial charge on any atom is 0.189 e. The van der Waals surface area contributed by atoms with Crippen LogP contribution in [-0.2, 0) is 5.41 Å². The molecular formula is C50H31N5. The van der Waals surface area contributed by atoms with Crippen molar-refractivity contribution in [2.75, 3.05) is 4.90 Å². The van der Waals surface area contributed by atoms with Gasteiger partial charge in [-0.3, -0.25) is 4.98 Å². The normalized spacial score (nSPS) is 12.8. The van der Waals surface area contributed by atoms with Gasteiger partial charge in [-0.05, 0) is 94.0 Å². The van der Waals surface area contributed by atoms with Crippen molar-refractivity contribution in [1.82, 2.24) is 9.55 Å². The Hall–Kier alpha value is -7.73. The summed E-state index contributed by atoms with van der Waals surface area (Å²) in [7, 11) is 0. The molecule has 7 aromatic carbocycles. The highest BCUT2D eigenvalue weighted by Crippen LogP contribution is 2.58. The third-order valence-corrected chi connectivity index (χ3v) is 10.9. The van der Waals surface area contributed by atoms with Crippen molar-refractivity contribution < 1.29 is 0 Å². The largest absolute Gasteiger partial charge is 0.310 e. The van der Waals surface area contributed by atoms with Crippen LogP contribution in [0.5, 0.6) is 0 Å². The van der Waals surface area contributed by atoms with Crippen molar-refractivity contribution in [3.05, 3.63) is 228 Å². The summed E-state index contributed by atoms with van der Waals surface area (Å²) in [6.45, 7) is 7.85. The standard InChI is InChI=1S/C50H31N5/c1-52-39-27-34(32-51)26-35(28-39)36-29-40(54-46-21-11-8-18-42(46)43-33-53-25-24-47(43)54)31-41(30-36)55-48-22-12-9-19-44(48)50(37-14-4-2-5-15-37,38-16-6-3-7-17-38)45-20-10-13-23-49(45)55/h2-31,33H. The summed E-state index contributed by atoms with van der Waals surface area (Å²) in [5.74, 6) is 0. The predicted molar refractivity (Wildman–Crippen MR) is 222 cm³/mol. The summed E-state index contributed by atoms with van der Waals surface area (Å²) in [6, 6.07) is 63.9. The number of nitriles is 1. The van der Waals surface area contributed by atoms with Crippen molar-refractivity contribution >= 4 is 44.6 Å². The summed E-state index contributed by atoms with van der Waals surface area (Å²) >= 11 is 0. The van der Waals surface area contributed by atoms with Crippen LogP contribution in [0.15, 0.2) is 188 Å². The van der Waals surface area contributed by atoms with Gasteiger partial charge in [0.25, 0.3) is 0 Å². The van der Waals surface area contributed by atoms with Crippen LogP contribution in [-0.4, -0.2) is 9.55 Å². The number of benzene rings is 7. The lowest BCUT2D eigenvalue weighted by Crippen LogP contribution is -2.37. The molecular weight excluding hydrogens is 671 g/mol. The van der Waals surface area contributed by atoms with Gasteiger partial charge in [0.15, 0.2) is 5.69 Å². The smallest absolute Gasteiger partial charge is 0.189 e. The number of aromatic nitrogens is 2. The first-order valence-electron chi connectivity index (χ1n) is 18.2. The van der Waals surface area contributed by atoms with Gasteiger partial charge in [-0.2, -0.15) is 5.26 Å².